The van der Waals surface area contributed by atoms with Crippen LogP contribution in [0, 0.1) is 0 Å². The Kier molecular flexibility index (Phi) is 33.6. The Labute approximate surface area is 340 Å². The first kappa shape index (κ1) is 48.4. The summed E-state index contributed by atoms with van der Waals surface area (Å²) in [5.41, 5.74) is 2.32. The largest absolute Gasteiger partial charge is 0.348 e. The van der Waals surface area contributed by atoms with Crippen molar-refractivity contribution in [3.05, 3.63) is 120 Å². The van der Waals surface area contributed by atoms with Crippen LogP contribution in [0.3, 0.4) is 0 Å². The summed E-state index contributed by atoms with van der Waals surface area (Å²) in [6.07, 6.45) is 50.3. The molecule has 2 aromatic rings. The molecule has 0 aromatic heterocycles. The molecule has 2 rings (SSSR count). The van der Waals surface area contributed by atoms with Crippen LogP contribution < -0.4 is 0 Å². The molecule has 0 spiro atoms. The van der Waals surface area contributed by atoms with Crippen molar-refractivity contribution in [2.24, 2.45) is 0 Å². The van der Waals surface area contributed by atoms with Gasteiger partial charge in [-0.3, -0.25) is 0 Å². The molecule has 0 amide bonds. The van der Waals surface area contributed by atoms with Crippen LogP contribution in [0.25, 0.3) is 0 Å². The van der Waals surface area contributed by atoms with Crippen LogP contribution in [0.5, 0.6) is 0 Å². The van der Waals surface area contributed by atoms with E-state index in [1.807, 2.05) is 12.1 Å². The second kappa shape index (κ2) is 38.2. The molecule has 0 fully saturated rings. The second-order valence-corrected chi connectivity index (χ2v) is 15.3. The Morgan fingerprint density at radius 1 is 0.364 bits per heavy atom. The van der Waals surface area contributed by atoms with E-state index in [4.69, 9.17) is 14.2 Å². The topological polar surface area (TPSA) is 27.7 Å². The third-order valence-corrected chi connectivity index (χ3v) is 10.1. The Hall–Kier alpha value is -2.72. The van der Waals surface area contributed by atoms with Crippen molar-refractivity contribution in [1.29, 1.82) is 0 Å². The Morgan fingerprint density at radius 3 is 0.982 bits per heavy atom. The summed E-state index contributed by atoms with van der Waals surface area (Å²) in [6, 6.07) is 20.8. The number of allylic oxidation sites excluding steroid dienone is 8. The van der Waals surface area contributed by atoms with Crippen LogP contribution in [0.2, 0.25) is 0 Å². The van der Waals surface area contributed by atoms with Gasteiger partial charge in [0.15, 0.2) is 12.6 Å². The molecule has 2 atom stereocenters. The second-order valence-electron chi connectivity index (χ2n) is 15.3. The van der Waals surface area contributed by atoms with E-state index in [1.54, 1.807) is 0 Å². The fourth-order valence-electron chi connectivity index (χ4n) is 6.59. The van der Waals surface area contributed by atoms with Crippen LogP contribution in [-0.4, -0.2) is 12.6 Å². The maximum absolute atomic E-state index is 6.62. The zero-order valence-electron chi connectivity index (χ0n) is 35.6. The van der Waals surface area contributed by atoms with Gasteiger partial charge in [0.05, 0.1) is 13.2 Å². The van der Waals surface area contributed by atoms with E-state index in [-0.39, 0.29) is 12.6 Å². The molecule has 0 radical (unpaired) electrons. The molecule has 0 saturated carbocycles. The predicted molar refractivity (Wildman–Crippen MR) is 239 cm³/mol. The van der Waals surface area contributed by atoms with E-state index in [0.717, 1.165) is 49.7 Å². The highest BCUT2D eigenvalue weighted by atomic mass is 16.8. The van der Waals surface area contributed by atoms with Crippen LogP contribution in [0.1, 0.15) is 192 Å². The van der Waals surface area contributed by atoms with Crippen LogP contribution in [-0.2, 0) is 27.4 Å². The number of unbranched alkanes of at least 4 members (excludes halogenated alkanes) is 18. The smallest absolute Gasteiger partial charge is 0.161 e. The molecule has 0 aliphatic heterocycles. The number of rotatable bonds is 38. The fourth-order valence-corrected chi connectivity index (χ4v) is 6.59. The normalized spacial score (nSPS) is 13.3. The van der Waals surface area contributed by atoms with Crippen molar-refractivity contribution < 1.29 is 14.2 Å². The lowest BCUT2D eigenvalue weighted by molar-refractivity contribution is -0.255. The lowest BCUT2D eigenvalue weighted by Crippen LogP contribution is -2.27. The van der Waals surface area contributed by atoms with E-state index in [2.05, 4.69) is 111 Å². The first-order valence-electron chi connectivity index (χ1n) is 22.9. The Balaban J connectivity index is 1.74. The summed E-state index contributed by atoms with van der Waals surface area (Å²) >= 11 is 0. The third kappa shape index (κ3) is 31.1. The monoisotopic (exact) mass is 755 g/mol. The lowest BCUT2D eigenvalue weighted by atomic mass is 10.1. The lowest BCUT2D eigenvalue weighted by Gasteiger charge is -2.25. The molecular weight excluding hydrogens is 673 g/mol. The van der Waals surface area contributed by atoms with Gasteiger partial charge >= 0.3 is 0 Å². The van der Waals surface area contributed by atoms with Gasteiger partial charge in [0.1, 0.15) is 0 Å². The van der Waals surface area contributed by atoms with Crippen LogP contribution in [0.15, 0.2) is 109 Å². The highest BCUT2D eigenvalue weighted by molar-refractivity contribution is 5.14. The first-order valence-corrected chi connectivity index (χ1v) is 22.9. The quantitative estimate of drug-likeness (QED) is 0.0388. The zero-order valence-corrected chi connectivity index (χ0v) is 35.6. The summed E-state index contributed by atoms with van der Waals surface area (Å²) in [7, 11) is 0. The molecular formula is C52H82O3. The molecule has 0 N–H and O–H groups in total. The summed E-state index contributed by atoms with van der Waals surface area (Å²) in [5.74, 6) is 0. The van der Waals surface area contributed by atoms with Gasteiger partial charge in [-0.15, -0.1) is 0 Å². The minimum atomic E-state index is -0.326. The molecule has 55 heavy (non-hydrogen) atoms. The molecule has 2 aromatic carbocycles. The van der Waals surface area contributed by atoms with Crippen molar-refractivity contribution in [2.45, 2.75) is 207 Å². The SMILES string of the molecule is CCCCC=CCCCCCCCCC=CCCC(OCc1ccccc1)OC(CCC=CCCCCCCCCC=CCCCC)OCc1ccccc1. The summed E-state index contributed by atoms with van der Waals surface area (Å²) in [5, 5.41) is 0. The van der Waals surface area contributed by atoms with Gasteiger partial charge in [-0.2, -0.15) is 0 Å². The minimum absolute atomic E-state index is 0.326. The number of benzene rings is 2. The van der Waals surface area contributed by atoms with Gasteiger partial charge in [0.2, 0.25) is 0 Å². The zero-order chi connectivity index (χ0) is 39.0. The summed E-state index contributed by atoms with van der Waals surface area (Å²) in [4.78, 5) is 0. The third-order valence-electron chi connectivity index (χ3n) is 10.1. The molecule has 0 saturated heterocycles. The van der Waals surface area contributed by atoms with E-state index in [1.165, 1.54) is 128 Å². The predicted octanol–water partition coefficient (Wildman–Crippen LogP) is 16.5. The van der Waals surface area contributed by atoms with Crippen molar-refractivity contribution in [3.63, 3.8) is 0 Å². The molecule has 308 valence electrons. The van der Waals surface area contributed by atoms with Crippen molar-refractivity contribution in [1.82, 2.24) is 0 Å². The molecule has 0 bridgehead atoms. The average Bonchev–Trinajstić information content (AvgIpc) is 3.22. The molecule has 0 aliphatic carbocycles. The van der Waals surface area contributed by atoms with Gasteiger partial charge < -0.3 is 14.2 Å². The number of hydrogen-bond acceptors (Lipinski definition) is 3. The minimum Gasteiger partial charge on any atom is -0.348 e. The van der Waals surface area contributed by atoms with Crippen LogP contribution in [0.4, 0.5) is 0 Å². The van der Waals surface area contributed by atoms with Crippen molar-refractivity contribution >= 4 is 0 Å². The molecule has 0 aliphatic rings. The molecule has 2 unspecified atom stereocenters. The highest BCUT2D eigenvalue weighted by Crippen LogP contribution is 2.18. The molecule has 3 heteroatoms. The highest BCUT2D eigenvalue weighted by Gasteiger charge is 2.18. The van der Waals surface area contributed by atoms with Gasteiger partial charge in [0.25, 0.3) is 0 Å². The van der Waals surface area contributed by atoms with E-state index in [9.17, 15) is 0 Å². The van der Waals surface area contributed by atoms with Gasteiger partial charge in [-0.25, -0.2) is 0 Å². The molecule has 3 nitrogen and oxygen atoms in total. The van der Waals surface area contributed by atoms with E-state index < -0.39 is 0 Å². The fraction of sp³-hybridized carbons (Fsp3) is 0.615. The summed E-state index contributed by atoms with van der Waals surface area (Å²) in [6.45, 7) is 5.59. The Morgan fingerprint density at radius 2 is 0.655 bits per heavy atom. The molecule has 0 heterocycles. The van der Waals surface area contributed by atoms with Crippen LogP contribution >= 0.6 is 0 Å². The average molecular weight is 755 g/mol. The van der Waals surface area contributed by atoms with Gasteiger partial charge in [-0.1, -0.05) is 200 Å². The number of hydrogen-bond donors (Lipinski definition) is 0. The van der Waals surface area contributed by atoms with Crippen molar-refractivity contribution in [3.8, 4) is 0 Å². The standard InChI is InChI=1S/C52H82O3/c1-3-5-7-9-11-13-15-17-19-21-23-25-27-29-31-39-45-51(53-47-49-41-35-33-36-42-49)55-52(54-48-50-43-37-34-38-44-50)46-40-32-30-28-26-24-22-20-18-16-14-12-10-8-6-4-2/h9-12,29-38,41-44,51-52H,3-8,13-28,39-40,45-48H2,1-2H3. The van der Waals surface area contributed by atoms with Gasteiger partial charge in [-0.05, 0) is 88.2 Å². The first-order chi connectivity index (χ1) is 27.3. The summed E-state index contributed by atoms with van der Waals surface area (Å²) < 4.78 is 19.4. The maximum atomic E-state index is 6.62. The van der Waals surface area contributed by atoms with E-state index in [0.29, 0.717) is 13.2 Å². The maximum Gasteiger partial charge on any atom is 0.161 e. The number of ether oxygens (including phenoxy) is 3. The van der Waals surface area contributed by atoms with E-state index >= 15 is 0 Å². The van der Waals surface area contributed by atoms with Gasteiger partial charge in [0, 0.05) is 12.8 Å². The van der Waals surface area contributed by atoms with Crippen molar-refractivity contribution in [2.75, 3.05) is 0 Å². The Bertz CT molecular complexity index is 1090.